The Labute approximate surface area is 131 Å². The highest BCUT2D eigenvalue weighted by Crippen LogP contribution is 2.32. The molecule has 1 aromatic carbocycles. The molecule has 0 amide bonds. The van der Waals surface area contributed by atoms with Gasteiger partial charge in [-0.05, 0) is 48.8 Å². The van der Waals surface area contributed by atoms with Crippen molar-refractivity contribution in [3.8, 4) is 0 Å². The van der Waals surface area contributed by atoms with Crippen molar-refractivity contribution < 1.29 is 4.39 Å². The SMILES string of the molecule is CC(C)(C)n1cc(CNc2c(Cl)cc(F)cc2Br)cn1. The zero-order valence-electron chi connectivity index (χ0n) is 11.5. The molecule has 2 aromatic rings. The molecule has 20 heavy (non-hydrogen) atoms. The molecule has 0 radical (unpaired) electrons. The summed E-state index contributed by atoms with van der Waals surface area (Å²) in [4.78, 5) is 0. The van der Waals surface area contributed by atoms with Crippen molar-refractivity contribution >= 4 is 33.2 Å². The van der Waals surface area contributed by atoms with Crippen LogP contribution in [0.15, 0.2) is 29.0 Å². The van der Waals surface area contributed by atoms with E-state index in [0.717, 1.165) is 5.56 Å². The van der Waals surface area contributed by atoms with Crippen LogP contribution >= 0.6 is 27.5 Å². The summed E-state index contributed by atoms with van der Waals surface area (Å²) in [6.45, 7) is 6.83. The fourth-order valence-electron chi connectivity index (χ4n) is 1.72. The van der Waals surface area contributed by atoms with Crippen molar-refractivity contribution in [2.24, 2.45) is 0 Å². The lowest BCUT2D eigenvalue weighted by Gasteiger charge is -2.18. The molecule has 0 bridgehead atoms. The monoisotopic (exact) mass is 359 g/mol. The molecule has 0 aliphatic heterocycles. The smallest absolute Gasteiger partial charge is 0.125 e. The minimum absolute atomic E-state index is 0.0493. The number of nitrogens with one attached hydrogen (secondary N) is 1. The summed E-state index contributed by atoms with van der Waals surface area (Å²) in [7, 11) is 0. The number of halogens is 3. The van der Waals surface area contributed by atoms with Gasteiger partial charge in [-0.2, -0.15) is 5.10 Å². The fourth-order valence-corrected chi connectivity index (χ4v) is 2.68. The van der Waals surface area contributed by atoms with Crippen LogP contribution in [0.4, 0.5) is 10.1 Å². The van der Waals surface area contributed by atoms with Gasteiger partial charge in [-0.3, -0.25) is 4.68 Å². The molecule has 0 aliphatic carbocycles. The summed E-state index contributed by atoms with van der Waals surface area (Å²) in [6, 6.07) is 2.67. The van der Waals surface area contributed by atoms with Gasteiger partial charge < -0.3 is 5.32 Å². The van der Waals surface area contributed by atoms with E-state index in [1.807, 2.05) is 17.1 Å². The number of nitrogens with zero attached hydrogens (tertiary/aromatic N) is 2. The van der Waals surface area contributed by atoms with Gasteiger partial charge in [0.05, 0.1) is 22.4 Å². The lowest BCUT2D eigenvalue weighted by atomic mass is 10.1. The van der Waals surface area contributed by atoms with Crippen molar-refractivity contribution in [1.82, 2.24) is 9.78 Å². The van der Waals surface area contributed by atoms with E-state index in [9.17, 15) is 4.39 Å². The van der Waals surface area contributed by atoms with E-state index in [1.54, 1.807) is 0 Å². The molecular formula is C14H16BrClFN3. The van der Waals surface area contributed by atoms with Crippen molar-refractivity contribution in [3.05, 3.63) is 45.4 Å². The Bertz CT molecular complexity index is 596. The summed E-state index contributed by atoms with van der Waals surface area (Å²) >= 11 is 9.33. The number of benzene rings is 1. The number of anilines is 1. The first kappa shape index (κ1) is 15.3. The molecule has 0 atom stereocenters. The molecule has 1 aromatic heterocycles. The van der Waals surface area contributed by atoms with Gasteiger partial charge in [0, 0.05) is 22.8 Å². The maximum absolute atomic E-state index is 13.2. The van der Waals surface area contributed by atoms with E-state index in [1.165, 1.54) is 12.1 Å². The van der Waals surface area contributed by atoms with Crippen LogP contribution in [0.3, 0.4) is 0 Å². The summed E-state index contributed by atoms with van der Waals surface area (Å²) in [5.74, 6) is -0.368. The van der Waals surface area contributed by atoms with Crippen molar-refractivity contribution in [2.45, 2.75) is 32.9 Å². The summed E-state index contributed by atoms with van der Waals surface area (Å²) < 4.78 is 15.7. The number of hydrogen-bond acceptors (Lipinski definition) is 2. The second-order valence-electron chi connectivity index (χ2n) is 5.56. The summed E-state index contributed by atoms with van der Waals surface area (Å²) in [5, 5.41) is 7.87. The summed E-state index contributed by atoms with van der Waals surface area (Å²) in [6.07, 6.45) is 3.79. The molecule has 0 saturated heterocycles. The quantitative estimate of drug-likeness (QED) is 0.851. The van der Waals surface area contributed by atoms with Crippen LogP contribution in [0.25, 0.3) is 0 Å². The van der Waals surface area contributed by atoms with Crippen LogP contribution in [-0.2, 0) is 12.1 Å². The van der Waals surface area contributed by atoms with Crippen molar-refractivity contribution in [1.29, 1.82) is 0 Å². The average Bonchev–Trinajstić information content (AvgIpc) is 2.75. The Morgan fingerprint density at radius 1 is 1.40 bits per heavy atom. The maximum Gasteiger partial charge on any atom is 0.125 e. The third-order valence-corrected chi connectivity index (χ3v) is 3.72. The Morgan fingerprint density at radius 2 is 2.10 bits per heavy atom. The molecular weight excluding hydrogens is 345 g/mol. The van der Waals surface area contributed by atoms with E-state index in [0.29, 0.717) is 21.7 Å². The predicted molar refractivity (Wildman–Crippen MR) is 83.7 cm³/mol. The highest BCUT2D eigenvalue weighted by Gasteiger charge is 2.14. The molecule has 1 heterocycles. The first-order valence-corrected chi connectivity index (χ1v) is 7.37. The van der Waals surface area contributed by atoms with Gasteiger partial charge in [-0.15, -0.1) is 0 Å². The van der Waals surface area contributed by atoms with E-state index < -0.39 is 0 Å². The number of rotatable bonds is 3. The first-order chi connectivity index (χ1) is 9.27. The van der Waals surface area contributed by atoms with Gasteiger partial charge >= 0.3 is 0 Å². The highest BCUT2D eigenvalue weighted by atomic mass is 79.9. The molecule has 0 fully saturated rings. The molecule has 2 rings (SSSR count). The minimum atomic E-state index is -0.368. The molecule has 6 heteroatoms. The van der Waals surface area contributed by atoms with Crippen LogP contribution in [-0.4, -0.2) is 9.78 Å². The standard InChI is InChI=1S/C14H16BrClFN3/c1-14(2,3)20-8-9(7-19-20)6-18-13-11(15)4-10(17)5-12(13)16/h4-5,7-8,18H,6H2,1-3H3. The Hall–Kier alpha value is -1.07. The number of aromatic nitrogens is 2. The van der Waals surface area contributed by atoms with Gasteiger partial charge in [-0.25, -0.2) is 4.39 Å². The first-order valence-electron chi connectivity index (χ1n) is 6.20. The van der Waals surface area contributed by atoms with Crippen LogP contribution < -0.4 is 5.32 Å². The molecule has 0 unspecified atom stereocenters. The fraction of sp³-hybridized carbons (Fsp3) is 0.357. The second kappa shape index (κ2) is 5.74. The normalized spacial score (nSPS) is 11.7. The molecule has 1 N–H and O–H groups in total. The third-order valence-electron chi connectivity index (χ3n) is 2.80. The molecule has 0 spiro atoms. The second-order valence-corrected chi connectivity index (χ2v) is 6.82. The Morgan fingerprint density at radius 3 is 2.65 bits per heavy atom. The van der Waals surface area contributed by atoms with E-state index in [4.69, 9.17) is 11.6 Å². The van der Waals surface area contributed by atoms with E-state index in [2.05, 4.69) is 47.1 Å². The van der Waals surface area contributed by atoms with Gasteiger partial charge in [0.15, 0.2) is 0 Å². The lowest BCUT2D eigenvalue weighted by Crippen LogP contribution is -2.21. The van der Waals surface area contributed by atoms with Crippen molar-refractivity contribution in [3.63, 3.8) is 0 Å². The molecule has 0 saturated carbocycles. The highest BCUT2D eigenvalue weighted by molar-refractivity contribution is 9.10. The zero-order chi connectivity index (χ0) is 14.9. The van der Waals surface area contributed by atoms with Gasteiger partial charge in [0.25, 0.3) is 0 Å². The molecule has 0 aliphatic rings. The van der Waals surface area contributed by atoms with Crippen LogP contribution in [0.5, 0.6) is 0 Å². The molecule has 108 valence electrons. The van der Waals surface area contributed by atoms with E-state index >= 15 is 0 Å². The predicted octanol–water partition coefficient (Wildman–Crippen LogP) is 4.81. The minimum Gasteiger partial charge on any atom is -0.379 e. The third kappa shape index (κ3) is 3.52. The van der Waals surface area contributed by atoms with Crippen LogP contribution in [0.1, 0.15) is 26.3 Å². The van der Waals surface area contributed by atoms with E-state index in [-0.39, 0.29) is 11.4 Å². The summed E-state index contributed by atoms with van der Waals surface area (Å²) in [5.41, 5.74) is 1.66. The van der Waals surface area contributed by atoms with Gasteiger partial charge in [-0.1, -0.05) is 11.6 Å². The topological polar surface area (TPSA) is 29.9 Å². The number of hydrogen-bond donors (Lipinski definition) is 1. The van der Waals surface area contributed by atoms with Gasteiger partial charge in [0.1, 0.15) is 5.82 Å². The lowest BCUT2D eigenvalue weighted by molar-refractivity contribution is 0.355. The Kier molecular flexibility index (Phi) is 4.39. The van der Waals surface area contributed by atoms with Crippen molar-refractivity contribution in [2.75, 3.05) is 5.32 Å². The van der Waals surface area contributed by atoms with Crippen LogP contribution in [0, 0.1) is 5.82 Å². The maximum atomic E-state index is 13.2. The molecule has 3 nitrogen and oxygen atoms in total. The van der Waals surface area contributed by atoms with Gasteiger partial charge in [0.2, 0.25) is 0 Å². The average molecular weight is 361 g/mol. The zero-order valence-corrected chi connectivity index (χ0v) is 13.9. The Balaban J connectivity index is 2.12. The van der Waals surface area contributed by atoms with Crippen LogP contribution in [0.2, 0.25) is 5.02 Å². The largest absolute Gasteiger partial charge is 0.379 e.